The molecule has 0 aliphatic carbocycles. The molecule has 116 valence electrons. The van der Waals surface area contributed by atoms with Crippen LogP contribution in [-0.2, 0) is 10.5 Å². The fraction of sp³-hybridized carbons (Fsp3) is 0.278. The lowest BCUT2D eigenvalue weighted by Gasteiger charge is -2.08. The summed E-state index contributed by atoms with van der Waals surface area (Å²) in [5.74, 6) is 2.05. The summed E-state index contributed by atoms with van der Waals surface area (Å²) in [6.45, 7) is 4.62. The van der Waals surface area contributed by atoms with Gasteiger partial charge in [0.2, 0.25) is 5.91 Å². The summed E-state index contributed by atoms with van der Waals surface area (Å²) in [7, 11) is 0. The van der Waals surface area contributed by atoms with Crippen molar-refractivity contribution in [3.8, 4) is 5.75 Å². The molecule has 0 aliphatic rings. The Morgan fingerprint density at radius 2 is 1.95 bits per heavy atom. The molecule has 1 N–H and O–H groups in total. The summed E-state index contributed by atoms with van der Waals surface area (Å²) in [5, 5.41) is 2.90. The molecule has 4 heteroatoms. The second-order valence-corrected chi connectivity index (χ2v) is 5.97. The fourth-order valence-corrected chi connectivity index (χ4v) is 2.76. The molecule has 0 radical (unpaired) electrons. The highest BCUT2D eigenvalue weighted by Crippen LogP contribution is 2.18. The minimum Gasteiger partial charge on any atom is -0.494 e. The van der Waals surface area contributed by atoms with Crippen molar-refractivity contribution in [2.75, 3.05) is 17.7 Å². The molecule has 2 aromatic carbocycles. The van der Waals surface area contributed by atoms with Crippen LogP contribution in [0.1, 0.15) is 18.1 Å². The minimum absolute atomic E-state index is 0.00533. The van der Waals surface area contributed by atoms with Crippen LogP contribution in [0.5, 0.6) is 5.75 Å². The number of ether oxygens (including phenoxy) is 1. The van der Waals surface area contributed by atoms with Gasteiger partial charge in [-0.2, -0.15) is 0 Å². The first-order chi connectivity index (χ1) is 10.7. The van der Waals surface area contributed by atoms with Crippen molar-refractivity contribution in [1.82, 2.24) is 0 Å². The van der Waals surface area contributed by atoms with Crippen molar-refractivity contribution in [3.05, 3.63) is 59.7 Å². The molecule has 0 saturated heterocycles. The number of carbonyl (C=O) groups is 1. The highest BCUT2D eigenvalue weighted by molar-refractivity contribution is 7.99. The average molecular weight is 315 g/mol. The van der Waals surface area contributed by atoms with E-state index in [4.69, 9.17) is 4.74 Å². The maximum Gasteiger partial charge on any atom is 0.234 e. The Balaban J connectivity index is 1.78. The highest BCUT2D eigenvalue weighted by atomic mass is 32.2. The molecule has 0 bridgehead atoms. The molecule has 2 rings (SSSR count). The number of nitrogens with one attached hydrogen (secondary N) is 1. The fourth-order valence-electron chi connectivity index (χ4n) is 1.97. The third-order valence-corrected chi connectivity index (χ3v) is 4.06. The number of amides is 1. The van der Waals surface area contributed by atoms with Crippen LogP contribution in [0.15, 0.2) is 48.5 Å². The lowest BCUT2D eigenvalue weighted by atomic mass is 10.2. The van der Waals surface area contributed by atoms with Gasteiger partial charge in [-0.3, -0.25) is 4.79 Å². The van der Waals surface area contributed by atoms with Crippen molar-refractivity contribution < 1.29 is 9.53 Å². The number of rotatable bonds is 7. The van der Waals surface area contributed by atoms with Crippen molar-refractivity contribution in [2.24, 2.45) is 0 Å². The van der Waals surface area contributed by atoms with Crippen molar-refractivity contribution in [2.45, 2.75) is 19.6 Å². The van der Waals surface area contributed by atoms with E-state index in [1.54, 1.807) is 11.8 Å². The summed E-state index contributed by atoms with van der Waals surface area (Å²) >= 11 is 1.61. The monoisotopic (exact) mass is 315 g/mol. The van der Waals surface area contributed by atoms with Gasteiger partial charge in [0.1, 0.15) is 5.75 Å². The quantitative estimate of drug-likeness (QED) is 0.829. The molecule has 0 unspecified atom stereocenters. The Labute approximate surface area is 136 Å². The van der Waals surface area contributed by atoms with E-state index in [1.165, 1.54) is 11.1 Å². The average Bonchev–Trinajstić information content (AvgIpc) is 2.50. The van der Waals surface area contributed by atoms with E-state index in [1.807, 2.05) is 31.2 Å². The lowest BCUT2D eigenvalue weighted by molar-refractivity contribution is -0.113. The van der Waals surface area contributed by atoms with Crippen LogP contribution >= 0.6 is 11.8 Å². The van der Waals surface area contributed by atoms with Gasteiger partial charge in [0.25, 0.3) is 0 Å². The third-order valence-electron chi connectivity index (χ3n) is 3.05. The van der Waals surface area contributed by atoms with E-state index in [0.29, 0.717) is 12.4 Å². The van der Waals surface area contributed by atoms with Gasteiger partial charge in [0.15, 0.2) is 0 Å². The Morgan fingerprint density at radius 3 is 2.68 bits per heavy atom. The largest absolute Gasteiger partial charge is 0.494 e. The maximum absolute atomic E-state index is 12.0. The molecule has 0 fully saturated rings. The van der Waals surface area contributed by atoms with Crippen LogP contribution in [0.3, 0.4) is 0 Å². The molecule has 0 atom stereocenters. The molecule has 3 nitrogen and oxygen atoms in total. The molecule has 0 spiro atoms. The van der Waals surface area contributed by atoms with Gasteiger partial charge in [-0.25, -0.2) is 0 Å². The molecule has 0 aliphatic heterocycles. The zero-order valence-corrected chi connectivity index (χ0v) is 13.8. The van der Waals surface area contributed by atoms with Crippen molar-refractivity contribution in [3.63, 3.8) is 0 Å². The summed E-state index contributed by atoms with van der Waals surface area (Å²) in [6.07, 6.45) is 0. The van der Waals surface area contributed by atoms with Gasteiger partial charge in [0.05, 0.1) is 12.4 Å². The number of thioether (sulfide) groups is 1. The normalized spacial score (nSPS) is 10.3. The van der Waals surface area contributed by atoms with E-state index in [-0.39, 0.29) is 5.91 Å². The summed E-state index contributed by atoms with van der Waals surface area (Å²) in [4.78, 5) is 12.0. The molecule has 0 saturated carbocycles. The van der Waals surface area contributed by atoms with E-state index in [0.717, 1.165) is 17.2 Å². The van der Waals surface area contributed by atoms with E-state index in [9.17, 15) is 4.79 Å². The number of anilines is 1. The molecule has 22 heavy (non-hydrogen) atoms. The summed E-state index contributed by atoms with van der Waals surface area (Å²) < 4.78 is 5.42. The lowest BCUT2D eigenvalue weighted by Crippen LogP contribution is -2.14. The minimum atomic E-state index is 0.00533. The number of carbonyl (C=O) groups excluding carboxylic acids is 1. The summed E-state index contributed by atoms with van der Waals surface area (Å²) in [5.41, 5.74) is 3.26. The Morgan fingerprint density at radius 1 is 1.18 bits per heavy atom. The van der Waals surface area contributed by atoms with Gasteiger partial charge >= 0.3 is 0 Å². The summed E-state index contributed by atoms with van der Waals surface area (Å²) in [6, 6.07) is 15.9. The van der Waals surface area contributed by atoms with Crippen LogP contribution in [-0.4, -0.2) is 18.3 Å². The molecular weight excluding hydrogens is 294 g/mol. The first kappa shape index (κ1) is 16.4. The van der Waals surface area contributed by atoms with Gasteiger partial charge < -0.3 is 10.1 Å². The SMILES string of the molecule is CCOc1cccc(NC(=O)CSCc2ccc(C)cc2)c1. The molecule has 2 aromatic rings. The van der Waals surface area contributed by atoms with Gasteiger partial charge in [-0.05, 0) is 31.5 Å². The third kappa shape index (κ3) is 5.45. The predicted molar refractivity (Wildman–Crippen MR) is 93.6 cm³/mol. The van der Waals surface area contributed by atoms with E-state index < -0.39 is 0 Å². The van der Waals surface area contributed by atoms with Crippen LogP contribution in [0.4, 0.5) is 5.69 Å². The molecular formula is C18H21NO2S. The number of benzene rings is 2. The second kappa shape index (κ2) is 8.49. The Bertz CT molecular complexity index is 611. The zero-order chi connectivity index (χ0) is 15.8. The smallest absolute Gasteiger partial charge is 0.234 e. The maximum atomic E-state index is 12.0. The number of hydrogen-bond acceptors (Lipinski definition) is 3. The van der Waals surface area contributed by atoms with Gasteiger partial charge in [-0.1, -0.05) is 35.9 Å². The van der Waals surface area contributed by atoms with Crippen LogP contribution in [0.2, 0.25) is 0 Å². The highest BCUT2D eigenvalue weighted by Gasteiger charge is 2.04. The first-order valence-electron chi connectivity index (χ1n) is 7.33. The topological polar surface area (TPSA) is 38.3 Å². The Hall–Kier alpha value is -1.94. The molecule has 0 heterocycles. The van der Waals surface area contributed by atoms with Crippen LogP contribution in [0.25, 0.3) is 0 Å². The zero-order valence-electron chi connectivity index (χ0n) is 13.0. The van der Waals surface area contributed by atoms with E-state index in [2.05, 4.69) is 36.5 Å². The standard InChI is InChI=1S/C18H21NO2S/c1-3-21-17-6-4-5-16(11-17)19-18(20)13-22-12-15-9-7-14(2)8-10-15/h4-11H,3,12-13H2,1-2H3,(H,19,20). The van der Waals surface area contributed by atoms with Crippen molar-refractivity contribution >= 4 is 23.4 Å². The van der Waals surface area contributed by atoms with E-state index >= 15 is 0 Å². The van der Waals surface area contributed by atoms with Crippen LogP contribution < -0.4 is 10.1 Å². The Kier molecular flexibility index (Phi) is 6.34. The van der Waals surface area contributed by atoms with Crippen molar-refractivity contribution in [1.29, 1.82) is 0 Å². The number of hydrogen-bond donors (Lipinski definition) is 1. The first-order valence-corrected chi connectivity index (χ1v) is 8.49. The predicted octanol–water partition coefficient (Wildman–Crippen LogP) is 4.27. The van der Waals surface area contributed by atoms with Crippen LogP contribution in [0, 0.1) is 6.92 Å². The van der Waals surface area contributed by atoms with Gasteiger partial charge in [0, 0.05) is 17.5 Å². The molecule has 0 aromatic heterocycles. The van der Waals surface area contributed by atoms with Gasteiger partial charge in [-0.15, -0.1) is 11.8 Å². The number of aryl methyl sites for hydroxylation is 1. The second-order valence-electron chi connectivity index (χ2n) is 4.99. The molecule has 1 amide bonds.